The van der Waals surface area contributed by atoms with Gasteiger partial charge in [-0.25, -0.2) is 8.42 Å². The summed E-state index contributed by atoms with van der Waals surface area (Å²) in [5, 5.41) is 10.9. The molecule has 1 aromatic heterocycles. The topological polar surface area (TPSA) is 103 Å². The second-order valence-electron chi connectivity index (χ2n) is 5.45. The van der Waals surface area contributed by atoms with E-state index in [1.54, 1.807) is 12.1 Å². The van der Waals surface area contributed by atoms with Gasteiger partial charge in [-0.1, -0.05) is 0 Å². The minimum atomic E-state index is -3.87. The molecule has 0 atom stereocenters. The Morgan fingerprint density at radius 1 is 1.38 bits per heavy atom. The summed E-state index contributed by atoms with van der Waals surface area (Å²) >= 11 is 0. The van der Waals surface area contributed by atoms with E-state index in [1.807, 2.05) is 0 Å². The number of non-ortho nitro benzene ring substituents is 1. The summed E-state index contributed by atoms with van der Waals surface area (Å²) in [7, 11) is -2.59. The molecule has 1 saturated carbocycles. The van der Waals surface area contributed by atoms with Crippen molar-refractivity contribution in [3.05, 3.63) is 52.5 Å². The molecule has 0 bridgehead atoms. The van der Waals surface area contributed by atoms with Gasteiger partial charge in [-0.2, -0.15) is 4.31 Å². The molecular formula is C15H16N2O6S. The van der Waals surface area contributed by atoms with Crippen molar-refractivity contribution in [3.8, 4) is 5.75 Å². The highest BCUT2D eigenvalue weighted by Gasteiger charge is 2.40. The van der Waals surface area contributed by atoms with E-state index in [2.05, 4.69) is 0 Å². The van der Waals surface area contributed by atoms with Crippen molar-refractivity contribution < 1.29 is 22.5 Å². The predicted molar refractivity (Wildman–Crippen MR) is 84.1 cm³/mol. The molecule has 3 rings (SSSR count). The molecule has 1 heterocycles. The van der Waals surface area contributed by atoms with Crippen LogP contribution in [0.4, 0.5) is 5.69 Å². The van der Waals surface area contributed by atoms with E-state index in [-0.39, 0.29) is 28.9 Å². The Balaban J connectivity index is 2.00. The lowest BCUT2D eigenvalue weighted by molar-refractivity contribution is -0.385. The molecule has 0 N–H and O–H groups in total. The fraction of sp³-hybridized carbons (Fsp3) is 0.333. The maximum atomic E-state index is 13.0. The molecule has 9 heteroatoms. The molecule has 0 aliphatic heterocycles. The number of benzene rings is 1. The summed E-state index contributed by atoms with van der Waals surface area (Å²) in [5.41, 5.74) is -0.227. The van der Waals surface area contributed by atoms with Crippen molar-refractivity contribution in [2.24, 2.45) is 0 Å². The van der Waals surface area contributed by atoms with Crippen LogP contribution in [0.5, 0.6) is 5.75 Å². The number of furan rings is 1. The molecule has 1 aliphatic carbocycles. The van der Waals surface area contributed by atoms with Gasteiger partial charge < -0.3 is 9.15 Å². The van der Waals surface area contributed by atoms with Crippen LogP contribution in [0.2, 0.25) is 0 Å². The third-order valence-electron chi connectivity index (χ3n) is 3.79. The lowest BCUT2D eigenvalue weighted by atomic mass is 10.3. The number of ether oxygens (including phenoxy) is 1. The van der Waals surface area contributed by atoms with Gasteiger partial charge >= 0.3 is 0 Å². The van der Waals surface area contributed by atoms with Crippen LogP contribution in [0.15, 0.2) is 45.9 Å². The van der Waals surface area contributed by atoms with E-state index in [9.17, 15) is 18.5 Å². The van der Waals surface area contributed by atoms with Crippen LogP contribution in [0.3, 0.4) is 0 Å². The zero-order chi connectivity index (χ0) is 17.3. The monoisotopic (exact) mass is 352 g/mol. The van der Waals surface area contributed by atoms with Crippen LogP contribution < -0.4 is 4.74 Å². The molecule has 128 valence electrons. The third kappa shape index (κ3) is 3.13. The van der Waals surface area contributed by atoms with Crippen LogP contribution in [0, 0.1) is 10.1 Å². The lowest BCUT2D eigenvalue weighted by Gasteiger charge is -2.22. The van der Waals surface area contributed by atoms with E-state index >= 15 is 0 Å². The highest BCUT2D eigenvalue weighted by molar-refractivity contribution is 7.89. The average Bonchev–Trinajstić information content (AvgIpc) is 3.27. The maximum absolute atomic E-state index is 13.0. The second kappa shape index (κ2) is 6.25. The second-order valence-corrected chi connectivity index (χ2v) is 7.31. The number of nitrogens with zero attached hydrogens (tertiary/aromatic N) is 2. The highest BCUT2D eigenvalue weighted by atomic mass is 32.2. The van der Waals surface area contributed by atoms with Crippen molar-refractivity contribution in [2.45, 2.75) is 30.3 Å². The van der Waals surface area contributed by atoms with Crippen molar-refractivity contribution in [1.29, 1.82) is 0 Å². The van der Waals surface area contributed by atoms with Crippen LogP contribution in [0.1, 0.15) is 18.6 Å². The number of rotatable bonds is 7. The van der Waals surface area contributed by atoms with Crippen molar-refractivity contribution >= 4 is 15.7 Å². The average molecular weight is 352 g/mol. The zero-order valence-corrected chi connectivity index (χ0v) is 13.7. The van der Waals surface area contributed by atoms with Gasteiger partial charge in [-0.05, 0) is 31.0 Å². The molecule has 0 unspecified atom stereocenters. The van der Waals surface area contributed by atoms with Gasteiger partial charge in [0, 0.05) is 12.1 Å². The molecule has 0 saturated heterocycles. The highest BCUT2D eigenvalue weighted by Crippen LogP contribution is 2.37. The van der Waals surface area contributed by atoms with Gasteiger partial charge in [-0.3, -0.25) is 10.1 Å². The molecule has 0 amide bonds. The number of methoxy groups -OCH3 is 1. The summed E-state index contributed by atoms with van der Waals surface area (Å²) in [6, 6.07) is 6.79. The summed E-state index contributed by atoms with van der Waals surface area (Å²) in [6.07, 6.45) is 3.03. The van der Waals surface area contributed by atoms with Crippen molar-refractivity contribution in [1.82, 2.24) is 4.31 Å². The molecule has 1 aromatic carbocycles. The lowest BCUT2D eigenvalue weighted by Crippen LogP contribution is -2.32. The first-order chi connectivity index (χ1) is 11.4. The van der Waals surface area contributed by atoms with Crippen LogP contribution in [-0.4, -0.2) is 30.8 Å². The van der Waals surface area contributed by atoms with Crippen LogP contribution in [-0.2, 0) is 16.6 Å². The Kier molecular flexibility index (Phi) is 4.29. The van der Waals surface area contributed by atoms with Gasteiger partial charge in [-0.15, -0.1) is 0 Å². The van der Waals surface area contributed by atoms with E-state index in [1.165, 1.54) is 23.7 Å². The van der Waals surface area contributed by atoms with Gasteiger partial charge in [0.15, 0.2) is 0 Å². The number of hydrogen-bond acceptors (Lipinski definition) is 6. The molecule has 8 nitrogen and oxygen atoms in total. The smallest absolute Gasteiger partial charge is 0.273 e. The minimum Gasteiger partial charge on any atom is -0.495 e. The number of hydrogen-bond donors (Lipinski definition) is 0. The first-order valence-electron chi connectivity index (χ1n) is 7.30. The molecule has 0 radical (unpaired) electrons. The molecule has 1 aliphatic rings. The van der Waals surface area contributed by atoms with Gasteiger partial charge in [0.25, 0.3) is 5.69 Å². The first-order valence-corrected chi connectivity index (χ1v) is 8.74. The van der Waals surface area contributed by atoms with Crippen LogP contribution in [0.25, 0.3) is 0 Å². The minimum absolute atomic E-state index is 0.0469. The standard InChI is InChI=1S/C15H16N2O6S/c1-22-14-9-12(17(18)19)6-7-15(14)24(20,21)16(11-4-5-11)10-13-3-2-8-23-13/h2-3,6-9,11H,4-5,10H2,1H3. The quantitative estimate of drug-likeness (QED) is 0.560. The summed E-state index contributed by atoms with van der Waals surface area (Å²) in [4.78, 5) is 10.2. The van der Waals surface area contributed by atoms with Crippen molar-refractivity contribution in [2.75, 3.05) is 7.11 Å². The Labute approximate surface area is 138 Å². The molecular weight excluding hydrogens is 336 g/mol. The molecule has 24 heavy (non-hydrogen) atoms. The SMILES string of the molecule is COc1cc([N+](=O)[O-])ccc1S(=O)(=O)N(Cc1ccco1)C1CC1. The first kappa shape index (κ1) is 16.5. The molecule has 2 aromatic rings. The van der Waals surface area contributed by atoms with E-state index < -0.39 is 14.9 Å². The Morgan fingerprint density at radius 3 is 2.67 bits per heavy atom. The van der Waals surface area contributed by atoms with E-state index in [4.69, 9.17) is 9.15 Å². The van der Waals surface area contributed by atoms with Crippen molar-refractivity contribution in [3.63, 3.8) is 0 Å². The fourth-order valence-electron chi connectivity index (χ4n) is 2.44. The predicted octanol–water partition coefficient (Wildman–Crippen LogP) is 2.55. The number of nitro benzene ring substituents is 1. The summed E-state index contributed by atoms with van der Waals surface area (Å²) in [6.45, 7) is 0.111. The van der Waals surface area contributed by atoms with E-state index in [0.717, 1.165) is 25.0 Å². The van der Waals surface area contributed by atoms with Gasteiger partial charge in [0.05, 0.1) is 30.9 Å². The Morgan fingerprint density at radius 2 is 2.12 bits per heavy atom. The fourth-order valence-corrected chi connectivity index (χ4v) is 4.23. The van der Waals surface area contributed by atoms with Gasteiger partial charge in [0.1, 0.15) is 16.4 Å². The van der Waals surface area contributed by atoms with Gasteiger partial charge in [0.2, 0.25) is 10.0 Å². The summed E-state index contributed by atoms with van der Waals surface area (Å²) in [5.74, 6) is 0.487. The largest absolute Gasteiger partial charge is 0.495 e. The molecule has 0 spiro atoms. The number of sulfonamides is 1. The molecule has 1 fully saturated rings. The van der Waals surface area contributed by atoms with Crippen LogP contribution >= 0.6 is 0 Å². The zero-order valence-electron chi connectivity index (χ0n) is 12.9. The number of nitro groups is 1. The Bertz CT molecular complexity index is 843. The maximum Gasteiger partial charge on any atom is 0.273 e. The normalized spacial score (nSPS) is 14.8. The van der Waals surface area contributed by atoms with E-state index in [0.29, 0.717) is 5.76 Å². The Hall–Kier alpha value is -2.39. The summed E-state index contributed by atoms with van der Waals surface area (Å²) < 4.78 is 37.8. The third-order valence-corrected chi connectivity index (χ3v) is 5.73.